The van der Waals surface area contributed by atoms with Gasteiger partial charge in [0, 0.05) is 20.1 Å². The number of nitrogens with zero attached hydrogens (tertiary/aromatic N) is 3. The van der Waals surface area contributed by atoms with Gasteiger partial charge in [-0.15, -0.1) is 0 Å². The summed E-state index contributed by atoms with van der Waals surface area (Å²) in [7, 11) is 2.92. The Labute approximate surface area is 104 Å². The average molecular weight is 246 g/mol. The molecule has 6 heteroatoms. The highest BCUT2D eigenvalue weighted by Gasteiger charge is 2.18. The minimum atomic E-state index is -0.561. The summed E-state index contributed by atoms with van der Waals surface area (Å²) in [6.45, 7) is 0. The Morgan fingerprint density at radius 3 is 2.44 bits per heavy atom. The standard InChI is InChI=1S/C12H14N4O2/c1-15-10(14-8-5-3-4-6-8)9(7-13)11(17)16(2)12(15)18/h3-4,8,14H,5-6H2,1-2H3. The minimum Gasteiger partial charge on any atom is -0.367 e. The molecule has 0 saturated heterocycles. The third kappa shape index (κ3) is 1.84. The number of hydrogen-bond acceptors (Lipinski definition) is 4. The lowest BCUT2D eigenvalue weighted by Crippen LogP contribution is -2.40. The van der Waals surface area contributed by atoms with Crippen molar-refractivity contribution < 1.29 is 0 Å². The Balaban J connectivity index is 2.55. The van der Waals surface area contributed by atoms with Crippen LogP contribution in [0.5, 0.6) is 0 Å². The molecule has 1 aromatic rings. The fourth-order valence-corrected chi connectivity index (χ4v) is 2.04. The largest absolute Gasteiger partial charge is 0.367 e. The number of aromatic nitrogens is 2. The van der Waals surface area contributed by atoms with Gasteiger partial charge in [-0.2, -0.15) is 5.26 Å². The van der Waals surface area contributed by atoms with Crippen LogP contribution in [0.15, 0.2) is 21.7 Å². The van der Waals surface area contributed by atoms with Crippen molar-refractivity contribution in [3.8, 4) is 6.07 Å². The van der Waals surface area contributed by atoms with Gasteiger partial charge in [0.05, 0.1) is 0 Å². The van der Waals surface area contributed by atoms with Crippen LogP contribution in [0.3, 0.4) is 0 Å². The molecule has 0 aliphatic heterocycles. The fourth-order valence-electron chi connectivity index (χ4n) is 2.04. The van der Waals surface area contributed by atoms with Gasteiger partial charge in [0.15, 0.2) is 5.56 Å². The lowest BCUT2D eigenvalue weighted by molar-refractivity contribution is 0.671. The first-order valence-corrected chi connectivity index (χ1v) is 5.68. The lowest BCUT2D eigenvalue weighted by atomic mass is 10.2. The predicted molar refractivity (Wildman–Crippen MR) is 67.4 cm³/mol. The van der Waals surface area contributed by atoms with E-state index in [9.17, 15) is 9.59 Å². The van der Waals surface area contributed by atoms with Crippen LogP contribution in [-0.4, -0.2) is 15.2 Å². The number of nitrogens with one attached hydrogen (secondary N) is 1. The van der Waals surface area contributed by atoms with Gasteiger partial charge in [0.25, 0.3) is 5.56 Å². The van der Waals surface area contributed by atoms with Gasteiger partial charge in [-0.05, 0) is 12.8 Å². The average Bonchev–Trinajstić information content (AvgIpc) is 2.87. The topological polar surface area (TPSA) is 79.8 Å². The van der Waals surface area contributed by atoms with Gasteiger partial charge < -0.3 is 5.32 Å². The van der Waals surface area contributed by atoms with Crippen LogP contribution in [-0.2, 0) is 14.1 Å². The van der Waals surface area contributed by atoms with Gasteiger partial charge in [0.1, 0.15) is 11.9 Å². The van der Waals surface area contributed by atoms with Crippen LogP contribution in [0.2, 0.25) is 0 Å². The molecule has 0 spiro atoms. The Kier molecular flexibility index (Phi) is 3.06. The van der Waals surface area contributed by atoms with E-state index in [1.165, 1.54) is 11.6 Å². The van der Waals surface area contributed by atoms with E-state index in [1.54, 1.807) is 7.05 Å². The first-order valence-electron chi connectivity index (χ1n) is 5.68. The van der Waals surface area contributed by atoms with Crippen molar-refractivity contribution in [3.63, 3.8) is 0 Å². The molecular formula is C12H14N4O2. The minimum absolute atomic E-state index is 0.0218. The van der Waals surface area contributed by atoms with Crippen molar-refractivity contribution >= 4 is 5.82 Å². The summed E-state index contributed by atoms with van der Waals surface area (Å²) in [5, 5.41) is 12.2. The molecule has 1 aliphatic rings. The van der Waals surface area contributed by atoms with Crippen molar-refractivity contribution in [2.45, 2.75) is 18.9 Å². The van der Waals surface area contributed by atoms with E-state index in [-0.39, 0.29) is 11.6 Å². The molecule has 18 heavy (non-hydrogen) atoms. The van der Waals surface area contributed by atoms with Crippen LogP contribution in [0.1, 0.15) is 18.4 Å². The van der Waals surface area contributed by atoms with Crippen molar-refractivity contribution in [1.29, 1.82) is 5.26 Å². The van der Waals surface area contributed by atoms with Crippen molar-refractivity contribution in [3.05, 3.63) is 38.6 Å². The number of rotatable bonds is 2. The van der Waals surface area contributed by atoms with E-state index >= 15 is 0 Å². The summed E-state index contributed by atoms with van der Waals surface area (Å²) in [6.07, 6.45) is 5.72. The molecule has 0 fully saturated rings. The van der Waals surface area contributed by atoms with Crippen LogP contribution in [0.4, 0.5) is 5.82 Å². The molecule has 0 radical (unpaired) electrons. The summed E-state index contributed by atoms with van der Waals surface area (Å²) in [5.74, 6) is 0.305. The van der Waals surface area contributed by atoms with E-state index in [4.69, 9.17) is 5.26 Å². The molecule has 2 rings (SSSR count). The van der Waals surface area contributed by atoms with Crippen molar-refractivity contribution in [2.75, 3.05) is 5.32 Å². The predicted octanol–water partition coefficient (Wildman–Crippen LogP) is 0.0862. The molecule has 6 nitrogen and oxygen atoms in total. The Morgan fingerprint density at radius 1 is 1.28 bits per heavy atom. The van der Waals surface area contributed by atoms with E-state index in [0.29, 0.717) is 5.82 Å². The normalized spacial score (nSPS) is 14.7. The van der Waals surface area contributed by atoms with Crippen LogP contribution in [0.25, 0.3) is 0 Å². The smallest absolute Gasteiger partial charge is 0.332 e. The molecule has 0 atom stereocenters. The molecule has 0 unspecified atom stereocenters. The zero-order valence-electron chi connectivity index (χ0n) is 10.3. The van der Waals surface area contributed by atoms with E-state index in [0.717, 1.165) is 17.4 Å². The monoisotopic (exact) mass is 246 g/mol. The quantitative estimate of drug-likeness (QED) is 0.750. The summed E-state index contributed by atoms with van der Waals surface area (Å²) < 4.78 is 2.24. The van der Waals surface area contributed by atoms with E-state index < -0.39 is 11.2 Å². The summed E-state index contributed by atoms with van der Waals surface area (Å²) in [6, 6.07) is 2.00. The second kappa shape index (κ2) is 4.53. The summed E-state index contributed by atoms with van der Waals surface area (Å²) >= 11 is 0. The Hall–Kier alpha value is -2.29. The Morgan fingerprint density at radius 2 is 1.89 bits per heavy atom. The second-order valence-corrected chi connectivity index (χ2v) is 4.33. The van der Waals surface area contributed by atoms with Gasteiger partial charge >= 0.3 is 5.69 Å². The SMILES string of the molecule is Cn1c(NC2CC=CC2)c(C#N)c(=O)n(C)c1=O. The van der Waals surface area contributed by atoms with Gasteiger partial charge in [0.2, 0.25) is 0 Å². The highest BCUT2D eigenvalue weighted by atomic mass is 16.2. The molecular weight excluding hydrogens is 232 g/mol. The number of hydrogen-bond donors (Lipinski definition) is 1. The summed E-state index contributed by atoms with van der Waals surface area (Å²) in [5.41, 5.74) is -1.02. The maximum absolute atomic E-state index is 11.8. The second-order valence-electron chi connectivity index (χ2n) is 4.33. The van der Waals surface area contributed by atoms with Gasteiger partial charge in [-0.3, -0.25) is 13.9 Å². The zero-order valence-corrected chi connectivity index (χ0v) is 10.3. The van der Waals surface area contributed by atoms with Gasteiger partial charge in [-0.1, -0.05) is 12.2 Å². The molecule has 0 aromatic carbocycles. The van der Waals surface area contributed by atoms with Crippen LogP contribution in [0, 0.1) is 11.3 Å². The lowest BCUT2D eigenvalue weighted by Gasteiger charge is -2.18. The third-order valence-electron chi connectivity index (χ3n) is 3.13. The van der Waals surface area contributed by atoms with Crippen molar-refractivity contribution in [1.82, 2.24) is 9.13 Å². The van der Waals surface area contributed by atoms with Crippen LogP contribution < -0.4 is 16.6 Å². The van der Waals surface area contributed by atoms with Crippen LogP contribution >= 0.6 is 0 Å². The molecule has 1 N–H and O–H groups in total. The fraction of sp³-hybridized carbons (Fsp3) is 0.417. The molecule has 0 amide bonds. The molecule has 0 saturated carbocycles. The summed E-state index contributed by atoms with van der Waals surface area (Å²) in [4.78, 5) is 23.7. The highest BCUT2D eigenvalue weighted by molar-refractivity contribution is 5.52. The van der Waals surface area contributed by atoms with E-state index in [1.807, 2.05) is 18.2 Å². The first kappa shape index (κ1) is 12.2. The highest BCUT2D eigenvalue weighted by Crippen LogP contribution is 2.16. The zero-order chi connectivity index (χ0) is 13.3. The maximum Gasteiger partial charge on any atom is 0.332 e. The number of anilines is 1. The molecule has 1 aliphatic carbocycles. The number of nitriles is 1. The molecule has 94 valence electrons. The molecule has 1 heterocycles. The Bertz CT molecular complexity index is 652. The van der Waals surface area contributed by atoms with E-state index in [2.05, 4.69) is 5.32 Å². The molecule has 0 bridgehead atoms. The first-order chi connectivity index (χ1) is 8.56. The molecule has 1 aromatic heterocycles. The maximum atomic E-state index is 11.8. The van der Waals surface area contributed by atoms with Crippen molar-refractivity contribution in [2.24, 2.45) is 14.1 Å². The third-order valence-corrected chi connectivity index (χ3v) is 3.13. The van der Waals surface area contributed by atoms with Gasteiger partial charge in [-0.25, -0.2) is 4.79 Å².